The van der Waals surface area contributed by atoms with Crippen LogP contribution in [-0.2, 0) is 14.3 Å². The third kappa shape index (κ3) is 4.42. The standard InChI is InChI=1S/C12H16N2O4/c1-8(15)13-9-3-5-10(6-4-9)14-11(7-18-2)12(16)17/h3-6,11,14H,7H2,1-2H3,(H,13,15)(H,16,17). The minimum Gasteiger partial charge on any atom is -0.480 e. The monoisotopic (exact) mass is 252 g/mol. The first kappa shape index (κ1) is 14.0. The average Bonchev–Trinajstić information content (AvgIpc) is 2.30. The zero-order chi connectivity index (χ0) is 13.5. The van der Waals surface area contributed by atoms with E-state index in [1.165, 1.54) is 14.0 Å². The number of ether oxygens (including phenoxy) is 1. The lowest BCUT2D eigenvalue weighted by Crippen LogP contribution is -2.33. The Bertz CT molecular complexity index is 417. The summed E-state index contributed by atoms with van der Waals surface area (Å²) in [6.07, 6.45) is 0. The number of carbonyl (C=O) groups is 2. The van der Waals surface area contributed by atoms with Crippen molar-refractivity contribution in [2.45, 2.75) is 13.0 Å². The van der Waals surface area contributed by atoms with Crippen molar-refractivity contribution in [1.29, 1.82) is 0 Å². The molecule has 0 spiro atoms. The van der Waals surface area contributed by atoms with Gasteiger partial charge in [-0.3, -0.25) is 4.79 Å². The van der Waals surface area contributed by atoms with Gasteiger partial charge in [0.2, 0.25) is 5.91 Å². The van der Waals surface area contributed by atoms with Crippen LogP contribution in [0.15, 0.2) is 24.3 Å². The Kier molecular flexibility index (Phi) is 5.13. The summed E-state index contributed by atoms with van der Waals surface area (Å²) < 4.78 is 4.81. The summed E-state index contributed by atoms with van der Waals surface area (Å²) in [7, 11) is 1.44. The second-order valence-electron chi connectivity index (χ2n) is 3.75. The Hall–Kier alpha value is -2.08. The molecule has 0 aliphatic carbocycles. The number of carboxylic acids is 1. The molecule has 0 aromatic heterocycles. The molecule has 0 fully saturated rings. The van der Waals surface area contributed by atoms with Gasteiger partial charge in [-0.05, 0) is 24.3 Å². The molecule has 1 unspecified atom stereocenters. The topological polar surface area (TPSA) is 87.7 Å². The van der Waals surface area contributed by atoms with Gasteiger partial charge >= 0.3 is 5.97 Å². The van der Waals surface area contributed by atoms with Crippen LogP contribution in [0, 0.1) is 0 Å². The van der Waals surface area contributed by atoms with E-state index in [4.69, 9.17) is 9.84 Å². The Labute approximate surface area is 105 Å². The van der Waals surface area contributed by atoms with E-state index in [0.717, 1.165) is 0 Å². The van der Waals surface area contributed by atoms with Gasteiger partial charge in [0.05, 0.1) is 6.61 Å². The second kappa shape index (κ2) is 6.61. The van der Waals surface area contributed by atoms with E-state index in [2.05, 4.69) is 10.6 Å². The molecule has 18 heavy (non-hydrogen) atoms. The molecule has 0 saturated heterocycles. The number of carbonyl (C=O) groups excluding carboxylic acids is 1. The molecular formula is C12H16N2O4. The van der Waals surface area contributed by atoms with Crippen LogP contribution in [0.25, 0.3) is 0 Å². The van der Waals surface area contributed by atoms with Crippen LogP contribution < -0.4 is 10.6 Å². The van der Waals surface area contributed by atoms with Gasteiger partial charge in [0, 0.05) is 25.4 Å². The number of nitrogens with one attached hydrogen (secondary N) is 2. The summed E-state index contributed by atoms with van der Waals surface area (Å²) >= 11 is 0. The molecule has 0 bridgehead atoms. The van der Waals surface area contributed by atoms with E-state index in [9.17, 15) is 9.59 Å². The van der Waals surface area contributed by atoms with Crippen LogP contribution in [0.4, 0.5) is 11.4 Å². The highest BCUT2D eigenvalue weighted by atomic mass is 16.5. The number of rotatable bonds is 6. The predicted octanol–water partition coefficient (Wildman–Crippen LogP) is 1.16. The van der Waals surface area contributed by atoms with Crippen molar-refractivity contribution < 1.29 is 19.4 Å². The smallest absolute Gasteiger partial charge is 0.328 e. The molecule has 1 amide bonds. The number of hydrogen-bond acceptors (Lipinski definition) is 4. The zero-order valence-corrected chi connectivity index (χ0v) is 10.3. The van der Waals surface area contributed by atoms with E-state index < -0.39 is 12.0 Å². The fraction of sp³-hybridized carbons (Fsp3) is 0.333. The predicted molar refractivity (Wildman–Crippen MR) is 67.7 cm³/mol. The van der Waals surface area contributed by atoms with Gasteiger partial charge in [-0.2, -0.15) is 0 Å². The maximum absolute atomic E-state index is 10.9. The maximum Gasteiger partial charge on any atom is 0.328 e. The number of methoxy groups -OCH3 is 1. The van der Waals surface area contributed by atoms with Crippen molar-refractivity contribution in [3.05, 3.63) is 24.3 Å². The number of benzene rings is 1. The normalized spacial score (nSPS) is 11.7. The highest BCUT2D eigenvalue weighted by Gasteiger charge is 2.16. The van der Waals surface area contributed by atoms with Gasteiger partial charge < -0.3 is 20.5 Å². The highest BCUT2D eigenvalue weighted by molar-refractivity contribution is 5.88. The van der Waals surface area contributed by atoms with Crippen LogP contribution in [0.3, 0.4) is 0 Å². The second-order valence-corrected chi connectivity index (χ2v) is 3.75. The number of carboxylic acid groups (broad SMARTS) is 1. The van der Waals surface area contributed by atoms with Crippen LogP contribution in [0.2, 0.25) is 0 Å². The van der Waals surface area contributed by atoms with Crippen molar-refractivity contribution in [2.24, 2.45) is 0 Å². The van der Waals surface area contributed by atoms with Crippen LogP contribution in [0.5, 0.6) is 0 Å². The van der Waals surface area contributed by atoms with Crippen molar-refractivity contribution in [2.75, 3.05) is 24.4 Å². The molecule has 0 aliphatic rings. The fourth-order valence-corrected chi connectivity index (χ4v) is 1.40. The number of aliphatic carboxylic acids is 1. The first-order chi connectivity index (χ1) is 8.52. The number of hydrogen-bond donors (Lipinski definition) is 3. The lowest BCUT2D eigenvalue weighted by molar-refractivity contribution is -0.139. The first-order valence-electron chi connectivity index (χ1n) is 5.39. The summed E-state index contributed by atoms with van der Waals surface area (Å²) in [5.41, 5.74) is 1.31. The molecule has 1 atom stereocenters. The molecule has 6 nitrogen and oxygen atoms in total. The van der Waals surface area contributed by atoms with E-state index in [-0.39, 0.29) is 12.5 Å². The van der Waals surface area contributed by atoms with Crippen molar-refractivity contribution in [3.63, 3.8) is 0 Å². The Balaban J connectivity index is 2.67. The third-order valence-corrected chi connectivity index (χ3v) is 2.18. The molecular weight excluding hydrogens is 236 g/mol. The van der Waals surface area contributed by atoms with Gasteiger partial charge in [-0.1, -0.05) is 0 Å². The Morgan fingerprint density at radius 3 is 2.28 bits per heavy atom. The molecule has 0 heterocycles. The first-order valence-corrected chi connectivity index (χ1v) is 5.39. The summed E-state index contributed by atoms with van der Waals surface area (Å²) in [6, 6.07) is 5.96. The largest absolute Gasteiger partial charge is 0.480 e. The van der Waals surface area contributed by atoms with Crippen LogP contribution in [-0.4, -0.2) is 36.7 Å². The Morgan fingerprint density at radius 2 is 1.83 bits per heavy atom. The average molecular weight is 252 g/mol. The van der Waals surface area contributed by atoms with Crippen LogP contribution >= 0.6 is 0 Å². The molecule has 0 saturated carbocycles. The van der Waals surface area contributed by atoms with E-state index in [1.54, 1.807) is 24.3 Å². The van der Waals surface area contributed by atoms with Gasteiger partial charge in [0.25, 0.3) is 0 Å². The van der Waals surface area contributed by atoms with Gasteiger partial charge in [0.1, 0.15) is 6.04 Å². The lowest BCUT2D eigenvalue weighted by Gasteiger charge is -2.15. The number of anilines is 2. The molecule has 1 aromatic carbocycles. The molecule has 0 radical (unpaired) electrons. The molecule has 3 N–H and O–H groups in total. The summed E-state index contributed by atoms with van der Waals surface area (Å²) in [4.78, 5) is 21.7. The molecule has 6 heteroatoms. The minimum absolute atomic E-state index is 0.0722. The fourth-order valence-electron chi connectivity index (χ4n) is 1.40. The van der Waals surface area contributed by atoms with Gasteiger partial charge in [-0.15, -0.1) is 0 Å². The molecule has 98 valence electrons. The van der Waals surface area contributed by atoms with Crippen molar-refractivity contribution in [3.8, 4) is 0 Å². The molecule has 1 rings (SSSR count). The lowest BCUT2D eigenvalue weighted by atomic mass is 10.2. The van der Waals surface area contributed by atoms with Crippen molar-refractivity contribution >= 4 is 23.3 Å². The SMILES string of the molecule is COCC(Nc1ccc(NC(C)=O)cc1)C(=O)O. The molecule has 1 aromatic rings. The summed E-state index contributed by atoms with van der Waals surface area (Å²) in [5.74, 6) is -1.14. The maximum atomic E-state index is 10.9. The minimum atomic E-state index is -0.984. The summed E-state index contributed by atoms with van der Waals surface area (Å²) in [6.45, 7) is 1.49. The molecule has 0 aliphatic heterocycles. The third-order valence-electron chi connectivity index (χ3n) is 2.18. The van der Waals surface area contributed by atoms with E-state index in [1.807, 2.05) is 0 Å². The zero-order valence-electron chi connectivity index (χ0n) is 10.3. The van der Waals surface area contributed by atoms with Gasteiger partial charge in [-0.25, -0.2) is 4.79 Å². The van der Waals surface area contributed by atoms with Crippen LogP contribution in [0.1, 0.15) is 6.92 Å². The highest BCUT2D eigenvalue weighted by Crippen LogP contribution is 2.14. The Morgan fingerprint density at radius 1 is 1.28 bits per heavy atom. The van der Waals surface area contributed by atoms with E-state index in [0.29, 0.717) is 11.4 Å². The van der Waals surface area contributed by atoms with Crippen molar-refractivity contribution in [1.82, 2.24) is 0 Å². The summed E-state index contributed by atoms with van der Waals surface area (Å²) in [5, 5.41) is 14.4. The van der Waals surface area contributed by atoms with Gasteiger partial charge in [0.15, 0.2) is 0 Å². The number of amides is 1. The quantitative estimate of drug-likeness (QED) is 0.707. The van der Waals surface area contributed by atoms with E-state index >= 15 is 0 Å².